The number of aromatic nitrogens is 2. The molecule has 1 saturated heterocycles. The molecule has 6 nitrogen and oxygen atoms in total. The molecule has 2 fully saturated rings. The molecule has 1 saturated carbocycles. The topological polar surface area (TPSA) is 92.1 Å². The fourth-order valence-corrected chi connectivity index (χ4v) is 3.96. The molecule has 2 amide bonds. The summed E-state index contributed by atoms with van der Waals surface area (Å²) in [6, 6.07) is 0. The lowest BCUT2D eigenvalue weighted by molar-refractivity contribution is -0.133. The number of carbonyl (C=O) groups excluding carboxylic acids is 2. The summed E-state index contributed by atoms with van der Waals surface area (Å²) in [6.07, 6.45) is 7.64. The number of amides is 2. The van der Waals surface area contributed by atoms with Crippen molar-refractivity contribution >= 4 is 11.8 Å². The molecule has 2 unspecified atom stereocenters. The number of primary amides is 1. The van der Waals surface area contributed by atoms with Crippen molar-refractivity contribution in [2.45, 2.75) is 51.4 Å². The highest BCUT2D eigenvalue weighted by molar-refractivity contribution is 5.90. The lowest BCUT2D eigenvalue weighted by atomic mass is 9.95. The Balaban J connectivity index is 1.49. The molecule has 0 radical (unpaired) electrons. The average molecular weight is 318 g/mol. The van der Waals surface area contributed by atoms with Crippen LogP contribution < -0.4 is 5.73 Å². The molecule has 2 aliphatic rings. The number of rotatable bonds is 4. The van der Waals surface area contributed by atoms with Crippen LogP contribution in [0.1, 0.15) is 67.7 Å². The Morgan fingerprint density at radius 3 is 2.61 bits per heavy atom. The van der Waals surface area contributed by atoms with E-state index in [1.165, 1.54) is 25.5 Å². The van der Waals surface area contributed by atoms with Crippen molar-refractivity contribution in [3.63, 3.8) is 0 Å². The van der Waals surface area contributed by atoms with Crippen molar-refractivity contribution in [1.82, 2.24) is 14.9 Å². The highest BCUT2D eigenvalue weighted by Gasteiger charge is 2.29. The van der Waals surface area contributed by atoms with Crippen molar-refractivity contribution in [2.75, 3.05) is 13.1 Å². The van der Waals surface area contributed by atoms with Crippen molar-refractivity contribution < 1.29 is 9.59 Å². The normalized spacial score (nSPS) is 25.7. The van der Waals surface area contributed by atoms with E-state index in [0.29, 0.717) is 23.9 Å². The van der Waals surface area contributed by atoms with Gasteiger partial charge in [0.05, 0.1) is 6.20 Å². The van der Waals surface area contributed by atoms with Gasteiger partial charge >= 0.3 is 0 Å². The van der Waals surface area contributed by atoms with Gasteiger partial charge in [-0.1, -0.05) is 13.3 Å². The summed E-state index contributed by atoms with van der Waals surface area (Å²) in [6.45, 7) is 3.83. The average Bonchev–Trinajstić information content (AvgIpc) is 3.17. The summed E-state index contributed by atoms with van der Waals surface area (Å²) in [5.74, 6) is 2.27. The van der Waals surface area contributed by atoms with Crippen LogP contribution in [0.2, 0.25) is 0 Å². The monoisotopic (exact) mass is 318 g/mol. The van der Waals surface area contributed by atoms with E-state index < -0.39 is 5.91 Å². The molecule has 126 valence electrons. The first-order valence-corrected chi connectivity index (χ1v) is 8.65. The molecule has 1 aliphatic heterocycles. The number of hydrogen-bond donors (Lipinski definition) is 2. The van der Waals surface area contributed by atoms with E-state index in [1.54, 1.807) is 0 Å². The Morgan fingerprint density at radius 1 is 1.30 bits per heavy atom. The Kier molecular flexibility index (Phi) is 4.68. The van der Waals surface area contributed by atoms with Gasteiger partial charge in [0.1, 0.15) is 11.5 Å². The Hall–Kier alpha value is -1.85. The zero-order valence-corrected chi connectivity index (χ0v) is 13.8. The molecule has 1 aromatic heterocycles. The predicted octanol–water partition coefficient (Wildman–Crippen LogP) is 2.04. The number of carbonyl (C=O) groups is 2. The van der Waals surface area contributed by atoms with Crippen LogP contribution in [0.25, 0.3) is 0 Å². The highest BCUT2D eigenvalue weighted by atomic mass is 16.2. The Labute approximate surface area is 136 Å². The molecule has 3 rings (SSSR count). The first-order chi connectivity index (χ1) is 11.0. The molecule has 1 aromatic rings. The SMILES string of the molecule is CC1CCC(CC(=O)N2CCC(c3ncc(C(N)=O)[nH]3)CC2)C1. The Morgan fingerprint density at radius 2 is 2.04 bits per heavy atom. The van der Waals surface area contributed by atoms with Crippen LogP contribution in [0.3, 0.4) is 0 Å². The lowest BCUT2D eigenvalue weighted by Gasteiger charge is -2.32. The van der Waals surface area contributed by atoms with Crippen LogP contribution in [-0.2, 0) is 4.79 Å². The van der Waals surface area contributed by atoms with Gasteiger partial charge in [-0.2, -0.15) is 0 Å². The van der Waals surface area contributed by atoms with E-state index in [0.717, 1.165) is 37.7 Å². The largest absolute Gasteiger partial charge is 0.364 e. The minimum absolute atomic E-state index is 0.277. The number of aromatic amines is 1. The van der Waals surface area contributed by atoms with Gasteiger partial charge in [0, 0.05) is 25.4 Å². The van der Waals surface area contributed by atoms with Gasteiger partial charge in [0.2, 0.25) is 5.91 Å². The van der Waals surface area contributed by atoms with Crippen molar-refractivity contribution in [3.05, 3.63) is 17.7 Å². The summed E-state index contributed by atoms with van der Waals surface area (Å²) >= 11 is 0. The highest BCUT2D eigenvalue weighted by Crippen LogP contribution is 2.33. The number of nitrogens with one attached hydrogen (secondary N) is 1. The van der Waals surface area contributed by atoms with Crippen LogP contribution in [0.5, 0.6) is 0 Å². The minimum atomic E-state index is -0.484. The third-order valence-electron chi connectivity index (χ3n) is 5.36. The van der Waals surface area contributed by atoms with Crippen LogP contribution in [0.15, 0.2) is 6.20 Å². The van der Waals surface area contributed by atoms with Crippen molar-refractivity contribution in [1.29, 1.82) is 0 Å². The second-order valence-corrected chi connectivity index (χ2v) is 7.19. The van der Waals surface area contributed by atoms with Gasteiger partial charge in [0.15, 0.2) is 0 Å². The number of likely N-dealkylation sites (tertiary alicyclic amines) is 1. The van der Waals surface area contributed by atoms with Crippen LogP contribution in [-0.4, -0.2) is 39.8 Å². The maximum Gasteiger partial charge on any atom is 0.266 e. The van der Waals surface area contributed by atoms with E-state index >= 15 is 0 Å². The molecule has 2 heterocycles. The molecule has 1 aliphatic carbocycles. The zero-order chi connectivity index (χ0) is 16.4. The minimum Gasteiger partial charge on any atom is -0.364 e. The summed E-state index contributed by atoms with van der Waals surface area (Å²) in [7, 11) is 0. The maximum atomic E-state index is 12.4. The standard InChI is InChI=1S/C17H26N4O2/c1-11-2-3-12(8-11)9-15(22)21-6-4-13(5-7-21)17-19-10-14(20-17)16(18)23/h10-13H,2-9H2,1H3,(H2,18,23)(H,19,20). The molecule has 6 heteroatoms. The molecule has 3 N–H and O–H groups in total. The number of hydrogen-bond acceptors (Lipinski definition) is 3. The maximum absolute atomic E-state index is 12.4. The summed E-state index contributed by atoms with van der Waals surface area (Å²) < 4.78 is 0. The van der Waals surface area contributed by atoms with E-state index in [-0.39, 0.29) is 5.92 Å². The van der Waals surface area contributed by atoms with E-state index in [4.69, 9.17) is 5.73 Å². The van der Waals surface area contributed by atoms with Crippen LogP contribution >= 0.6 is 0 Å². The van der Waals surface area contributed by atoms with Gasteiger partial charge in [-0.25, -0.2) is 4.98 Å². The van der Waals surface area contributed by atoms with Crippen molar-refractivity contribution in [2.24, 2.45) is 17.6 Å². The summed E-state index contributed by atoms with van der Waals surface area (Å²) in [5.41, 5.74) is 5.60. The fourth-order valence-electron chi connectivity index (χ4n) is 3.96. The van der Waals surface area contributed by atoms with Crippen molar-refractivity contribution in [3.8, 4) is 0 Å². The van der Waals surface area contributed by atoms with E-state index in [2.05, 4.69) is 16.9 Å². The van der Waals surface area contributed by atoms with Crippen LogP contribution in [0.4, 0.5) is 0 Å². The zero-order valence-electron chi connectivity index (χ0n) is 13.8. The molecular weight excluding hydrogens is 292 g/mol. The second-order valence-electron chi connectivity index (χ2n) is 7.19. The quantitative estimate of drug-likeness (QED) is 0.890. The number of piperidine rings is 1. The van der Waals surface area contributed by atoms with Gasteiger partial charge in [-0.15, -0.1) is 0 Å². The van der Waals surface area contributed by atoms with Gasteiger partial charge in [-0.3, -0.25) is 9.59 Å². The number of imidazole rings is 1. The third-order valence-corrected chi connectivity index (χ3v) is 5.36. The summed E-state index contributed by atoms with van der Waals surface area (Å²) in [5, 5.41) is 0. The summed E-state index contributed by atoms with van der Waals surface area (Å²) in [4.78, 5) is 32.8. The molecule has 23 heavy (non-hydrogen) atoms. The number of nitrogens with two attached hydrogens (primary N) is 1. The molecular formula is C17H26N4O2. The Bertz CT molecular complexity index is 575. The van der Waals surface area contributed by atoms with Gasteiger partial charge < -0.3 is 15.6 Å². The first-order valence-electron chi connectivity index (χ1n) is 8.65. The number of nitrogens with zero attached hydrogens (tertiary/aromatic N) is 2. The first kappa shape index (κ1) is 16.0. The van der Waals surface area contributed by atoms with Crippen LogP contribution in [0, 0.1) is 11.8 Å². The smallest absolute Gasteiger partial charge is 0.266 e. The molecule has 2 atom stereocenters. The van der Waals surface area contributed by atoms with E-state index in [1.807, 2.05) is 4.90 Å². The second kappa shape index (κ2) is 6.72. The van der Waals surface area contributed by atoms with Gasteiger partial charge in [0.25, 0.3) is 5.91 Å². The molecule has 0 bridgehead atoms. The number of H-pyrrole nitrogens is 1. The molecule has 0 spiro atoms. The predicted molar refractivity (Wildman–Crippen MR) is 86.8 cm³/mol. The van der Waals surface area contributed by atoms with Gasteiger partial charge in [-0.05, 0) is 37.5 Å². The lowest BCUT2D eigenvalue weighted by Crippen LogP contribution is -2.38. The third kappa shape index (κ3) is 3.74. The molecule has 0 aromatic carbocycles. The van der Waals surface area contributed by atoms with E-state index in [9.17, 15) is 9.59 Å². The fraction of sp³-hybridized carbons (Fsp3) is 0.706.